The Kier molecular flexibility index (Phi) is 7.00. The number of thioether (sulfide) groups is 1. The number of amides is 1. The van der Waals surface area contributed by atoms with Crippen molar-refractivity contribution in [3.8, 4) is 28.6 Å². The maximum Gasteiger partial charge on any atom is 0.234 e. The second-order valence-corrected chi connectivity index (χ2v) is 8.58. The molecule has 1 N–H and O–H groups in total. The number of hydrogen-bond donors (Lipinski definition) is 1. The lowest BCUT2D eigenvalue weighted by atomic mass is 10.2. The Morgan fingerprint density at radius 2 is 1.64 bits per heavy atom. The largest absolute Gasteiger partial charge is 0.457 e. The highest BCUT2D eigenvalue weighted by molar-refractivity contribution is 7.99. The van der Waals surface area contributed by atoms with Gasteiger partial charge in [0, 0.05) is 35.4 Å². The van der Waals surface area contributed by atoms with E-state index in [9.17, 15) is 9.18 Å². The van der Waals surface area contributed by atoms with Gasteiger partial charge < -0.3 is 10.1 Å². The lowest BCUT2D eigenvalue weighted by molar-refractivity contribution is -0.113. The van der Waals surface area contributed by atoms with Crippen LogP contribution in [0.2, 0.25) is 0 Å². The van der Waals surface area contributed by atoms with Crippen LogP contribution in [0.5, 0.6) is 11.5 Å². The molecule has 0 radical (unpaired) electrons. The number of rotatable bonds is 8. The molecular formula is C27H20FN5O2S. The third kappa shape index (κ3) is 5.59. The van der Waals surface area contributed by atoms with Crippen molar-refractivity contribution in [1.29, 1.82) is 0 Å². The van der Waals surface area contributed by atoms with Crippen LogP contribution < -0.4 is 10.1 Å². The number of pyridine rings is 1. The summed E-state index contributed by atoms with van der Waals surface area (Å²) in [5.74, 6) is 1.43. The molecule has 0 saturated heterocycles. The average molecular weight is 498 g/mol. The third-order valence-electron chi connectivity index (χ3n) is 5.09. The Hall–Kier alpha value is -4.50. The number of nitrogens with zero attached hydrogens (tertiary/aromatic N) is 4. The van der Waals surface area contributed by atoms with Crippen molar-refractivity contribution in [2.45, 2.75) is 5.16 Å². The average Bonchev–Trinajstić information content (AvgIpc) is 3.33. The number of halogens is 1. The second kappa shape index (κ2) is 10.8. The molecule has 2 heterocycles. The minimum Gasteiger partial charge on any atom is -0.457 e. The van der Waals surface area contributed by atoms with Gasteiger partial charge in [0.25, 0.3) is 0 Å². The summed E-state index contributed by atoms with van der Waals surface area (Å²) < 4.78 is 21.2. The molecule has 0 aliphatic heterocycles. The van der Waals surface area contributed by atoms with Gasteiger partial charge in [-0.25, -0.2) is 4.39 Å². The van der Waals surface area contributed by atoms with Crippen LogP contribution in [-0.2, 0) is 4.79 Å². The third-order valence-corrected chi connectivity index (χ3v) is 6.01. The topological polar surface area (TPSA) is 81.9 Å². The molecule has 0 aliphatic rings. The van der Waals surface area contributed by atoms with Crippen molar-refractivity contribution >= 4 is 23.4 Å². The first kappa shape index (κ1) is 23.3. The molecule has 36 heavy (non-hydrogen) atoms. The first-order valence-corrected chi connectivity index (χ1v) is 12.0. The van der Waals surface area contributed by atoms with E-state index in [2.05, 4.69) is 20.5 Å². The van der Waals surface area contributed by atoms with Crippen molar-refractivity contribution in [2.24, 2.45) is 0 Å². The van der Waals surface area contributed by atoms with Crippen LogP contribution >= 0.6 is 11.8 Å². The van der Waals surface area contributed by atoms with Crippen LogP contribution in [0.1, 0.15) is 0 Å². The van der Waals surface area contributed by atoms with Crippen LogP contribution in [0.25, 0.3) is 17.1 Å². The molecule has 1 amide bonds. The summed E-state index contributed by atoms with van der Waals surface area (Å²) in [6.07, 6.45) is 3.32. The van der Waals surface area contributed by atoms with E-state index < -0.39 is 0 Å². The van der Waals surface area contributed by atoms with Crippen molar-refractivity contribution < 1.29 is 13.9 Å². The fourth-order valence-electron chi connectivity index (χ4n) is 3.46. The van der Waals surface area contributed by atoms with Gasteiger partial charge in [0.1, 0.15) is 17.3 Å². The lowest BCUT2D eigenvalue weighted by Crippen LogP contribution is -2.14. The van der Waals surface area contributed by atoms with Gasteiger partial charge in [0.15, 0.2) is 11.0 Å². The van der Waals surface area contributed by atoms with E-state index in [4.69, 9.17) is 4.74 Å². The molecule has 0 spiro atoms. The molecule has 2 aromatic heterocycles. The molecule has 3 aromatic carbocycles. The van der Waals surface area contributed by atoms with Crippen molar-refractivity contribution in [3.05, 3.63) is 109 Å². The Labute approximate surface area is 211 Å². The van der Waals surface area contributed by atoms with Crippen molar-refractivity contribution in [2.75, 3.05) is 11.1 Å². The highest BCUT2D eigenvalue weighted by Crippen LogP contribution is 2.28. The Balaban J connectivity index is 1.31. The molecule has 178 valence electrons. The first-order chi connectivity index (χ1) is 17.7. The molecule has 0 atom stereocenters. The standard InChI is InChI=1S/C27H20FN5O2S/c28-20-9-11-22(12-10-20)33-26(19-13-15-29-16-14-19)31-32-27(33)36-18-25(34)30-21-5-4-8-24(17-21)35-23-6-2-1-3-7-23/h1-17H,18H2,(H,30,34). The van der Waals surface area contributed by atoms with Crippen molar-refractivity contribution in [1.82, 2.24) is 19.7 Å². The summed E-state index contributed by atoms with van der Waals surface area (Å²) in [7, 11) is 0. The van der Waals surface area contributed by atoms with E-state index in [1.807, 2.05) is 54.6 Å². The Morgan fingerprint density at radius 1 is 0.889 bits per heavy atom. The van der Waals surface area contributed by atoms with Gasteiger partial charge in [-0.15, -0.1) is 10.2 Å². The number of anilines is 1. The van der Waals surface area contributed by atoms with Gasteiger partial charge in [0.2, 0.25) is 5.91 Å². The monoisotopic (exact) mass is 497 g/mol. The molecule has 0 bridgehead atoms. The predicted octanol–water partition coefficient (Wildman–Crippen LogP) is 5.99. The van der Waals surface area contributed by atoms with Gasteiger partial charge in [-0.2, -0.15) is 0 Å². The number of aromatic nitrogens is 4. The molecular weight excluding hydrogens is 477 g/mol. The normalized spacial score (nSPS) is 10.7. The number of nitrogens with one attached hydrogen (secondary N) is 1. The zero-order valence-electron chi connectivity index (χ0n) is 18.9. The Bertz CT molecular complexity index is 1460. The summed E-state index contributed by atoms with van der Waals surface area (Å²) in [6.45, 7) is 0. The van der Waals surface area contributed by atoms with E-state index in [1.165, 1.54) is 23.9 Å². The zero-order chi connectivity index (χ0) is 24.7. The van der Waals surface area contributed by atoms with Gasteiger partial charge in [-0.05, 0) is 60.7 Å². The van der Waals surface area contributed by atoms with Gasteiger partial charge in [0.05, 0.1) is 5.75 Å². The van der Waals surface area contributed by atoms with E-state index in [1.54, 1.807) is 41.2 Å². The highest BCUT2D eigenvalue weighted by Gasteiger charge is 2.17. The van der Waals surface area contributed by atoms with E-state index in [-0.39, 0.29) is 17.5 Å². The van der Waals surface area contributed by atoms with E-state index in [0.29, 0.717) is 33.9 Å². The first-order valence-electron chi connectivity index (χ1n) is 11.0. The molecule has 9 heteroatoms. The van der Waals surface area contributed by atoms with Gasteiger partial charge >= 0.3 is 0 Å². The summed E-state index contributed by atoms with van der Waals surface area (Å²) in [5, 5.41) is 12.0. The van der Waals surface area contributed by atoms with Crippen LogP contribution in [0.15, 0.2) is 109 Å². The number of ether oxygens (including phenoxy) is 1. The SMILES string of the molecule is O=C(CSc1nnc(-c2ccncc2)n1-c1ccc(F)cc1)Nc1cccc(Oc2ccccc2)c1. The molecule has 5 aromatic rings. The van der Waals surface area contributed by atoms with Crippen molar-refractivity contribution in [3.63, 3.8) is 0 Å². The van der Waals surface area contributed by atoms with Crippen LogP contribution in [0, 0.1) is 5.82 Å². The Morgan fingerprint density at radius 3 is 2.42 bits per heavy atom. The molecule has 7 nitrogen and oxygen atoms in total. The minimum absolute atomic E-state index is 0.0967. The summed E-state index contributed by atoms with van der Waals surface area (Å²) in [6, 6.07) is 26.3. The second-order valence-electron chi connectivity index (χ2n) is 7.63. The summed E-state index contributed by atoms with van der Waals surface area (Å²) >= 11 is 1.23. The number of para-hydroxylation sites is 1. The van der Waals surface area contributed by atoms with Gasteiger partial charge in [-0.1, -0.05) is 36.0 Å². The zero-order valence-corrected chi connectivity index (χ0v) is 19.7. The molecule has 0 fully saturated rings. The minimum atomic E-state index is -0.343. The van der Waals surface area contributed by atoms with Crippen LogP contribution in [0.4, 0.5) is 10.1 Å². The fraction of sp³-hybridized carbons (Fsp3) is 0.0370. The van der Waals surface area contributed by atoms with E-state index in [0.717, 1.165) is 5.56 Å². The number of hydrogen-bond acceptors (Lipinski definition) is 6. The summed E-state index contributed by atoms with van der Waals surface area (Å²) in [5.41, 5.74) is 2.10. The van der Waals surface area contributed by atoms with Gasteiger partial charge in [-0.3, -0.25) is 14.3 Å². The molecule has 0 saturated carbocycles. The molecule has 5 rings (SSSR count). The molecule has 0 unspecified atom stereocenters. The lowest BCUT2D eigenvalue weighted by Gasteiger charge is -2.11. The quantitative estimate of drug-likeness (QED) is 0.265. The fourth-order valence-corrected chi connectivity index (χ4v) is 4.22. The number of carbonyl (C=O) groups excluding carboxylic acids is 1. The molecule has 0 aliphatic carbocycles. The van der Waals surface area contributed by atoms with Crippen LogP contribution in [0.3, 0.4) is 0 Å². The number of carbonyl (C=O) groups is 1. The summed E-state index contributed by atoms with van der Waals surface area (Å²) in [4.78, 5) is 16.8. The van der Waals surface area contributed by atoms with E-state index >= 15 is 0 Å². The maximum absolute atomic E-state index is 13.5. The smallest absolute Gasteiger partial charge is 0.234 e. The van der Waals surface area contributed by atoms with Crippen LogP contribution in [-0.4, -0.2) is 31.4 Å². The maximum atomic E-state index is 13.5. The predicted molar refractivity (Wildman–Crippen MR) is 137 cm³/mol. The highest BCUT2D eigenvalue weighted by atomic mass is 32.2. The number of benzene rings is 3.